The highest BCUT2D eigenvalue weighted by molar-refractivity contribution is 7.53. The smallest absolute Gasteiger partial charge is 0.351 e. The van der Waals surface area contributed by atoms with Crippen LogP contribution in [0.25, 0.3) is 0 Å². The maximum atomic E-state index is 12.6. The Bertz CT molecular complexity index is 472. The van der Waals surface area contributed by atoms with Crippen molar-refractivity contribution in [3.05, 3.63) is 0 Å². The standard InChI is InChI=1S/C17H35N2O6P/c1-4-5-6-7-11-15(20)19-16(13(2)3)26(23,24)25-14(17(21)22)10-8-9-12-18/h13-14,16H,4-12,18H2,1-3H3,(H,19,20)(H,21,22)(H,23,24)/t14-,16?/m0/s1. The molecule has 26 heavy (non-hydrogen) atoms. The average Bonchev–Trinajstić information content (AvgIpc) is 2.55. The molecule has 0 spiro atoms. The number of carboxylic acid groups (broad SMARTS) is 1. The third-order valence-electron chi connectivity index (χ3n) is 4.02. The van der Waals surface area contributed by atoms with Gasteiger partial charge in [-0.05, 0) is 38.1 Å². The van der Waals surface area contributed by atoms with Crippen molar-refractivity contribution >= 4 is 19.5 Å². The van der Waals surface area contributed by atoms with E-state index in [2.05, 4.69) is 12.2 Å². The number of unbranched alkanes of at least 4 members (excludes halogenated alkanes) is 4. The van der Waals surface area contributed by atoms with Crippen molar-refractivity contribution < 1.29 is 28.7 Å². The van der Waals surface area contributed by atoms with Gasteiger partial charge in [0.15, 0.2) is 6.10 Å². The van der Waals surface area contributed by atoms with Crippen LogP contribution < -0.4 is 11.1 Å². The summed E-state index contributed by atoms with van der Waals surface area (Å²) in [6, 6.07) is 0. The fourth-order valence-corrected chi connectivity index (χ4v) is 4.27. The van der Waals surface area contributed by atoms with E-state index < -0.39 is 25.5 Å². The summed E-state index contributed by atoms with van der Waals surface area (Å²) in [5, 5.41) is 11.8. The van der Waals surface area contributed by atoms with Crippen molar-refractivity contribution in [1.29, 1.82) is 0 Å². The lowest BCUT2D eigenvalue weighted by molar-refractivity contribution is -0.145. The van der Waals surface area contributed by atoms with Crippen LogP contribution in [-0.2, 0) is 18.7 Å². The molecule has 0 bridgehead atoms. The van der Waals surface area contributed by atoms with Crippen LogP contribution in [0, 0.1) is 5.92 Å². The van der Waals surface area contributed by atoms with Gasteiger partial charge in [-0.2, -0.15) is 0 Å². The molecule has 0 aromatic heterocycles. The molecule has 0 aliphatic rings. The number of rotatable bonds is 15. The van der Waals surface area contributed by atoms with Crippen molar-refractivity contribution in [3.8, 4) is 0 Å². The molecule has 0 aliphatic heterocycles. The molecule has 0 fully saturated rings. The van der Waals surface area contributed by atoms with Gasteiger partial charge < -0.3 is 21.1 Å². The average molecular weight is 394 g/mol. The summed E-state index contributed by atoms with van der Waals surface area (Å²) in [6.45, 7) is 5.84. The van der Waals surface area contributed by atoms with Gasteiger partial charge in [-0.15, -0.1) is 0 Å². The second kappa shape index (κ2) is 13.3. The van der Waals surface area contributed by atoms with Crippen molar-refractivity contribution in [1.82, 2.24) is 5.32 Å². The largest absolute Gasteiger partial charge is 0.479 e. The van der Waals surface area contributed by atoms with Crippen LogP contribution >= 0.6 is 7.60 Å². The highest BCUT2D eigenvalue weighted by Gasteiger charge is 2.40. The lowest BCUT2D eigenvalue weighted by Gasteiger charge is -2.28. The zero-order chi connectivity index (χ0) is 20.2. The molecule has 5 N–H and O–H groups in total. The summed E-state index contributed by atoms with van der Waals surface area (Å²) < 4.78 is 17.7. The summed E-state index contributed by atoms with van der Waals surface area (Å²) in [7, 11) is -4.36. The van der Waals surface area contributed by atoms with Crippen LogP contribution in [0.3, 0.4) is 0 Å². The van der Waals surface area contributed by atoms with Gasteiger partial charge >= 0.3 is 13.6 Å². The molecule has 1 amide bonds. The molecule has 0 rings (SSSR count). The number of nitrogens with one attached hydrogen (secondary N) is 1. The summed E-state index contributed by atoms with van der Waals surface area (Å²) in [4.78, 5) is 33.7. The molecular formula is C17H35N2O6P. The van der Waals surface area contributed by atoms with E-state index in [0.717, 1.165) is 19.3 Å². The Balaban J connectivity index is 4.87. The maximum Gasteiger partial charge on any atom is 0.351 e. The molecule has 2 unspecified atom stereocenters. The van der Waals surface area contributed by atoms with E-state index in [1.54, 1.807) is 13.8 Å². The molecule has 3 atom stereocenters. The number of carbonyl (C=O) groups is 2. The molecule has 0 saturated heterocycles. The second-order valence-electron chi connectivity index (χ2n) is 6.85. The Morgan fingerprint density at radius 1 is 1.15 bits per heavy atom. The van der Waals surface area contributed by atoms with E-state index in [1.165, 1.54) is 0 Å². The summed E-state index contributed by atoms with van der Waals surface area (Å²) in [6.07, 6.45) is 3.75. The molecule has 0 aromatic rings. The number of nitrogens with two attached hydrogens (primary N) is 1. The topological polar surface area (TPSA) is 139 Å². The molecular weight excluding hydrogens is 359 g/mol. The van der Waals surface area contributed by atoms with Gasteiger partial charge in [0.25, 0.3) is 0 Å². The van der Waals surface area contributed by atoms with E-state index in [1.807, 2.05) is 0 Å². The highest BCUT2D eigenvalue weighted by Crippen LogP contribution is 2.50. The van der Waals surface area contributed by atoms with Gasteiger partial charge in [0, 0.05) is 6.42 Å². The first kappa shape index (κ1) is 25.1. The Kier molecular flexibility index (Phi) is 12.8. The minimum Gasteiger partial charge on any atom is -0.479 e. The quantitative estimate of drug-likeness (QED) is 0.247. The van der Waals surface area contributed by atoms with Gasteiger partial charge in [-0.1, -0.05) is 40.0 Å². The van der Waals surface area contributed by atoms with Gasteiger partial charge in [0.05, 0.1) is 0 Å². The molecule has 9 heteroatoms. The fraction of sp³-hybridized carbons (Fsp3) is 0.882. The second-order valence-corrected chi connectivity index (χ2v) is 8.74. The summed E-state index contributed by atoms with van der Waals surface area (Å²) in [5.74, 6) is -3.15. The molecule has 0 aliphatic carbocycles. The normalized spacial score (nSPS) is 16.1. The van der Waals surface area contributed by atoms with E-state index in [4.69, 9.17) is 10.3 Å². The number of carboxylic acids is 1. The number of amides is 1. The van der Waals surface area contributed by atoms with Gasteiger partial charge in [0.2, 0.25) is 5.91 Å². The van der Waals surface area contributed by atoms with Crippen LogP contribution in [-0.4, -0.2) is 40.3 Å². The third kappa shape index (κ3) is 10.3. The zero-order valence-corrected chi connectivity index (χ0v) is 17.0. The van der Waals surface area contributed by atoms with Crippen LogP contribution in [0.15, 0.2) is 0 Å². The Morgan fingerprint density at radius 2 is 1.81 bits per heavy atom. The van der Waals surface area contributed by atoms with Crippen molar-refractivity contribution in [2.75, 3.05) is 6.54 Å². The first-order valence-corrected chi connectivity index (χ1v) is 11.0. The van der Waals surface area contributed by atoms with E-state index >= 15 is 0 Å². The Morgan fingerprint density at radius 3 is 2.31 bits per heavy atom. The van der Waals surface area contributed by atoms with E-state index in [9.17, 15) is 24.2 Å². The van der Waals surface area contributed by atoms with Gasteiger partial charge in [0.1, 0.15) is 5.78 Å². The number of hydrogen-bond acceptors (Lipinski definition) is 5. The predicted octanol–water partition coefficient (Wildman–Crippen LogP) is 2.84. The summed E-state index contributed by atoms with van der Waals surface area (Å²) >= 11 is 0. The van der Waals surface area contributed by atoms with Crippen LogP contribution in [0.5, 0.6) is 0 Å². The SMILES string of the molecule is CCCCCCC(=O)NC(C(C)C)P(=O)(O)O[C@@H](CCCCN)C(=O)O. The Labute approximate surface area is 156 Å². The third-order valence-corrected chi connectivity index (χ3v) is 6.01. The van der Waals surface area contributed by atoms with Crippen molar-refractivity contribution in [3.63, 3.8) is 0 Å². The van der Waals surface area contributed by atoms with E-state index in [-0.39, 0.29) is 24.7 Å². The predicted molar refractivity (Wildman–Crippen MR) is 101 cm³/mol. The molecule has 0 radical (unpaired) electrons. The van der Waals surface area contributed by atoms with Crippen molar-refractivity contribution in [2.45, 2.75) is 84.0 Å². The van der Waals surface area contributed by atoms with Crippen LogP contribution in [0.1, 0.15) is 72.1 Å². The fourth-order valence-electron chi connectivity index (χ4n) is 2.52. The number of aliphatic carboxylic acids is 1. The van der Waals surface area contributed by atoms with E-state index in [0.29, 0.717) is 25.8 Å². The first-order valence-electron chi connectivity index (χ1n) is 9.38. The maximum absolute atomic E-state index is 12.6. The minimum absolute atomic E-state index is 0.0901. The minimum atomic E-state index is -4.36. The monoisotopic (exact) mass is 394 g/mol. The van der Waals surface area contributed by atoms with Crippen LogP contribution in [0.2, 0.25) is 0 Å². The number of hydrogen-bond donors (Lipinski definition) is 4. The molecule has 0 aromatic carbocycles. The molecule has 0 saturated carbocycles. The Hall–Kier alpha value is -0.950. The van der Waals surface area contributed by atoms with Crippen LogP contribution in [0.4, 0.5) is 0 Å². The number of carbonyl (C=O) groups excluding carboxylic acids is 1. The molecule has 154 valence electrons. The zero-order valence-electron chi connectivity index (χ0n) is 16.1. The lowest BCUT2D eigenvalue weighted by Crippen LogP contribution is -2.40. The lowest BCUT2D eigenvalue weighted by atomic mass is 10.1. The van der Waals surface area contributed by atoms with Crippen molar-refractivity contribution in [2.24, 2.45) is 11.7 Å². The summed E-state index contributed by atoms with van der Waals surface area (Å²) in [5.41, 5.74) is 5.38. The first-order chi connectivity index (χ1) is 12.2. The molecule has 0 heterocycles. The van der Waals surface area contributed by atoms with Gasteiger partial charge in [-0.25, -0.2) is 4.79 Å². The highest BCUT2D eigenvalue weighted by atomic mass is 31.2. The molecule has 8 nitrogen and oxygen atoms in total. The van der Waals surface area contributed by atoms with Gasteiger partial charge in [-0.3, -0.25) is 13.9 Å².